The molecule has 0 heterocycles. The van der Waals surface area contributed by atoms with Gasteiger partial charge in [0.2, 0.25) is 0 Å². The van der Waals surface area contributed by atoms with Crippen molar-refractivity contribution in [2.75, 3.05) is 0 Å². The van der Waals surface area contributed by atoms with Crippen LogP contribution in [-0.4, -0.2) is 0 Å². The molecule has 0 aliphatic carbocycles. The van der Waals surface area contributed by atoms with Crippen molar-refractivity contribution in [1.82, 2.24) is 5.32 Å². The van der Waals surface area contributed by atoms with Gasteiger partial charge in [0.1, 0.15) is 0 Å². The van der Waals surface area contributed by atoms with Crippen molar-refractivity contribution in [2.24, 2.45) is 0 Å². The summed E-state index contributed by atoms with van der Waals surface area (Å²) in [6, 6.07) is 21.5. The van der Waals surface area contributed by atoms with E-state index in [4.69, 9.17) is 0 Å². The second-order valence-electron chi connectivity index (χ2n) is 5.34. The molecule has 106 valence electrons. The second-order valence-corrected chi connectivity index (χ2v) is 6.19. The van der Waals surface area contributed by atoms with Gasteiger partial charge in [0.15, 0.2) is 0 Å². The van der Waals surface area contributed by atoms with Crippen LogP contribution in [0, 0.1) is 6.92 Å². The van der Waals surface area contributed by atoms with Gasteiger partial charge in [0.05, 0.1) is 0 Å². The van der Waals surface area contributed by atoms with Crippen molar-refractivity contribution in [1.29, 1.82) is 0 Å². The highest BCUT2D eigenvalue weighted by Crippen LogP contribution is 2.20. The van der Waals surface area contributed by atoms with Crippen LogP contribution in [0.25, 0.3) is 10.8 Å². The lowest BCUT2D eigenvalue weighted by atomic mass is 10.0. The molecule has 0 aliphatic heterocycles. The van der Waals surface area contributed by atoms with E-state index in [1.54, 1.807) is 0 Å². The number of hydrogen-bond acceptors (Lipinski definition) is 1. The fourth-order valence-corrected chi connectivity index (χ4v) is 3.21. The van der Waals surface area contributed by atoms with E-state index < -0.39 is 0 Å². The lowest BCUT2D eigenvalue weighted by molar-refractivity contribution is 0.694. The molecule has 3 aromatic carbocycles. The van der Waals surface area contributed by atoms with Crippen LogP contribution in [-0.2, 0) is 13.1 Å². The van der Waals surface area contributed by atoms with Crippen molar-refractivity contribution in [3.05, 3.63) is 81.8 Å². The summed E-state index contributed by atoms with van der Waals surface area (Å²) in [6.45, 7) is 3.85. The monoisotopic (exact) mass is 339 g/mol. The van der Waals surface area contributed by atoms with Crippen LogP contribution in [0.3, 0.4) is 0 Å². The highest BCUT2D eigenvalue weighted by Gasteiger charge is 2.02. The quantitative estimate of drug-likeness (QED) is 0.688. The van der Waals surface area contributed by atoms with Gasteiger partial charge in [-0.25, -0.2) is 0 Å². The number of hydrogen-bond donors (Lipinski definition) is 1. The van der Waals surface area contributed by atoms with E-state index in [1.165, 1.54) is 31.9 Å². The second kappa shape index (κ2) is 6.42. The summed E-state index contributed by atoms with van der Waals surface area (Å²) in [4.78, 5) is 0. The third-order valence-electron chi connectivity index (χ3n) is 3.72. The van der Waals surface area contributed by atoms with E-state index >= 15 is 0 Å². The summed E-state index contributed by atoms with van der Waals surface area (Å²) in [6.07, 6.45) is 0. The molecule has 0 saturated heterocycles. The maximum absolute atomic E-state index is 3.63. The van der Waals surface area contributed by atoms with Gasteiger partial charge in [-0.1, -0.05) is 70.5 Å². The molecular weight excluding hydrogens is 322 g/mol. The molecule has 0 aromatic heterocycles. The Hall–Kier alpha value is -1.64. The normalized spacial score (nSPS) is 11.0. The smallest absolute Gasteiger partial charge is 0.0222 e. The maximum Gasteiger partial charge on any atom is 0.0222 e. The molecule has 0 unspecified atom stereocenters. The van der Waals surface area contributed by atoms with Gasteiger partial charge in [-0.15, -0.1) is 0 Å². The van der Waals surface area contributed by atoms with Crippen LogP contribution in [0.2, 0.25) is 0 Å². The molecule has 3 aromatic rings. The van der Waals surface area contributed by atoms with Gasteiger partial charge < -0.3 is 5.32 Å². The minimum atomic E-state index is 0.865. The van der Waals surface area contributed by atoms with Gasteiger partial charge in [0, 0.05) is 17.6 Å². The zero-order chi connectivity index (χ0) is 14.7. The minimum absolute atomic E-state index is 0.865. The molecule has 0 amide bonds. The van der Waals surface area contributed by atoms with E-state index in [1.807, 2.05) is 0 Å². The summed E-state index contributed by atoms with van der Waals surface area (Å²) in [5.41, 5.74) is 3.91. The Morgan fingerprint density at radius 2 is 1.62 bits per heavy atom. The number of rotatable bonds is 4. The van der Waals surface area contributed by atoms with Crippen molar-refractivity contribution in [3.8, 4) is 0 Å². The fraction of sp³-hybridized carbons (Fsp3) is 0.158. The lowest BCUT2D eigenvalue weighted by Gasteiger charge is -2.10. The molecule has 0 saturated carbocycles. The van der Waals surface area contributed by atoms with E-state index in [0.29, 0.717) is 0 Å². The molecule has 2 heteroatoms. The Bertz CT molecular complexity index is 759. The molecule has 21 heavy (non-hydrogen) atoms. The molecule has 1 nitrogen and oxygen atoms in total. The lowest BCUT2D eigenvalue weighted by Crippen LogP contribution is -2.13. The molecule has 0 atom stereocenters. The third-order valence-corrected chi connectivity index (χ3v) is 4.46. The number of nitrogens with one attached hydrogen (secondary N) is 1. The van der Waals surface area contributed by atoms with E-state index in [2.05, 4.69) is 88.8 Å². The number of halogens is 1. The summed E-state index contributed by atoms with van der Waals surface area (Å²) < 4.78 is 1.17. The summed E-state index contributed by atoms with van der Waals surface area (Å²) >= 11 is 3.63. The van der Waals surface area contributed by atoms with E-state index in [0.717, 1.165) is 13.1 Å². The van der Waals surface area contributed by atoms with Gasteiger partial charge in [0.25, 0.3) is 0 Å². The predicted octanol–water partition coefficient (Wildman–Crippen LogP) is 5.20. The van der Waals surface area contributed by atoms with Gasteiger partial charge in [-0.3, -0.25) is 0 Å². The van der Waals surface area contributed by atoms with E-state index in [-0.39, 0.29) is 0 Å². The Kier molecular flexibility index (Phi) is 4.37. The number of benzene rings is 3. The first-order valence-electron chi connectivity index (χ1n) is 7.16. The number of fused-ring (bicyclic) bond motifs is 1. The average molecular weight is 340 g/mol. The molecule has 1 N–H and O–H groups in total. The first-order valence-corrected chi connectivity index (χ1v) is 7.96. The standard InChI is InChI=1S/C19H18BrN/c1-14-9-10-17(19(20)11-14)13-21-12-16-7-4-6-15-5-2-3-8-18(15)16/h2-11,21H,12-13H2,1H3. The Morgan fingerprint density at radius 3 is 2.48 bits per heavy atom. The summed E-state index contributed by atoms with van der Waals surface area (Å²) in [5, 5.41) is 6.17. The topological polar surface area (TPSA) is 12.0 Å². The van der Waals surface area contributed by atoms with Crippen molar-refractivity contribution >= 4 is 26.7 Å². The highest BCUT2D eigenvalue weighted by molar-refractivity contribution is 9.10. The van der Waals surface area contributed by atoms with Crippen LogP contribution >= 0.6 is 15.9 Å². The first-order chi connectivity index (χ1) is 10.2. The molecule has 0 bridgehead atoms. The Labute approximate surface area is 134 Å². The van der Waals surface area contributed by atoms with Crippen molar-refractivity contribution in [3.63, 3.8) is 0 Å². The average Bonchev–Trinajstić information content (AvgIpc) is 2.50. The number of aryl methyl sites for hydroxylation is 1. The summed E-state index contributed by atoms with van der Waals surface area (Å²) in [7, 11) is 0. The Morgan fingerprint density at radius 1 is 0.857 bits per heavy atom. The molecule has 0 fully saturated rings. The van der Waals surface area contributed by atoms with Gasteiger partial charge in [-0.2, -0.15) is 0 Å². The van der Waals surface area contributed by atoms with E-state index in [9.17, 15) is 0 Å². The zero-order valence-corrected chi connectivity index (χ0v) is 13.7. The first kappa shape index (κ1) is 14.3. The molecule has 0 radical (unpaired) electrons. The molecule has 3 rings (SSSR count). The van der Waals surface area contributed by atoms with Crippen LogP contribution in [0.5, 0.6) is 0 Å². The molecule has 0 spiro atoms. The molecule has 0 aliphatic rings. The van der Waals surface area contributed by atoms with Crippen LogP contribution < -0.4 is 5.32 Å². The van der Waals surface area contributed by atoms with Gasteiger partial charge in [-0.05, 0) is 40.5 Å². The minimum Gasteiger partial charge on any atom is -0.309 e. The highest BCUT2D eigenvalue weighted by atomic mass is 79.9. The predicted molar refractivity (Wildman–Crippen MR) is 93.4 cm³/mol. The zero-order valence-electron chi connectivity index (χ0n) is 12.1. The molecular formula is C19H18BrN. The van der Waals surface area contributed by atoms with Crippen molar-refractivity contribution < 1.29 is 0 Å². The summed E-state index contributed by atoms with van der Waals surface area (Å²) in [5.74, 6) is 0. The van der Waals surface area contributed by atoms with Crippen LogP contribution in [0.15, 0.2) is 65.1 Å². The SMILES string of the molecule is Cc1ccc(CNCc2cccc3ccccc23)c(Br)c1. The Balaban J connectivity index is 1.72. The van der Waals surface area contributed by atoms with Crippen LogP contribution in [0.4, 0.5) is 0 Å². The van der Waals surface area contributed by atoms with Crippen LogP contribution in [0.1, 0.15) is 16.7 Å². The third kappa shape index (κ3) is 3.34. The van der Waals surface area contributed by atoms with Crippen molar-refractivity contribution in [2.45, 2.75) is 20.0 Å². The maximum atomic E-state index is 3.63. The van der Waals surface area contributed by atoms with Gasteiger partial charge >= 0.3 is 0 Å². The largest absolute Gasteiger partial charge is 0.309 e. The fourth-order valence-electron chi connectivity index (χ4n) is 2.57.